The maximum Gasteiger partial charge on any atom is 0.323 e. The Labute approximate surface area is 117 Å². The number of hydrogen-bond acceptors (Lipinski definition) is 3. The molecule has 0 radical (unpaired) electrons. The predicted octanol–water partition coefficient (Wildman–Crippen LogP) is 2.34. The molecule has 0 aromatic rings. The number of carboxylic acids is 1. The van der Waals surface area contributed by atoms with Gasteiger partial charge in [0.1, 0.15) is 5.54 Å². The standard InChI is InChI=1S/C15H30N2O2/c1-11(2)10-17(5)13-7-6-8-15(9-13,14(18)19)16-12(3)4/h11-13,16H,6-10H2,1-5H3,(H,18,19). The first-order chi connectivity index (χ1) is 8.77. The Morgan fingerprint density at radius 3 is 2.53 bits per heavy atom. The molecule has 19 heavy (non-hydrogen) atoms. The molecule has 1 rings (SSSR count). The Kier molecular flexibility index (Phi) is 5.81. The van der Waals surface area contributed by atoms with Crippen LogP contribution in [-0.2, 0) is 4.79 Å². The SMILES string of the molecule is CC(C)CN(C)C1CCCC(NC(C)C)(C(=O)O)C1. The second-order valence-electron chi connectivity index (χ2n) is 6.77. The van der Waals surface area contributed by atoms with Crippen molar-refractivity contribution in [1.82, 2.24) is 10.2 Å². The fourth-order valence-corrected chi connectivity index (χ4v) is 3.29. The van der Waals surface area contributed by atoms with E-state index in [9.17, 15) is 9.90 Å². The summed E-state index contributed by atoms with van der Waals surface area (Å²) in [6.07, 6.45) is 3.55. The molecular weight excluding hydrogens is 240 g/mol. The van der Waals surface area contributed by atoms with E-state index in [2.05, 4.69) is 31.1 Å². The van der Waals surface area contributed by atoms with Crippen molar-refractivity contribution in [2.24, 2.45) is 5.92 Å². The van der Waals surface area contributed by atoms with Crippen molar-refractivity contribution >= 4 is 5.97 Å². The summed E-state index contributed by atoms with van der Waals surface area (Å²) in [6, 6.07) is 0.573. The van der Waals surface area contributed by atoms with Crippen molar-refractivity contribution < 1.29 is 9.90 Å². The van der Waals surface area contributed by atoms with Gasteiger partial charge in [-0.25, -0.2) is 0 Å². The zero-order valence-corrected chi connectivity index (χ0v) is 13.1. The van der Waals surface area contributed by atoms with Gasteiger partial charge in [0.2, 0.25) is 0 Å². The molecule has 0 aliphatic heterocycles. The lowest BCUT2D eigenvalue weighted by atomic mass is 9.78. The van der Waals surface area contributed by atoms with Gasteiger partial charge >= 0.3 is 5.97 Å². The molecule has 0 spiro atoms. The van der Waals surface area contributed by atoms with Gasteiger partial charge in [-0.15, -0.1) is 0 Å². The highest BCUT2D eigenvalue weighted by Gasteiger charge is 2.44. The highest BCUT2D eigenvalue weighted by molar-refractivity contribution is 5.79. The van der Waals surface area contributed by atoms with Gasteiger partial charge in [-0.1, -0.05) is 13.8 Å². The number of aliphatic carboxylic acids is 1. The molecule has 4 nitrogen and oxygen atoms in total. The molecule has 0 bridgehead atoms. The van der Waals surface area contributed by atoms with Gasteiger partial charge in [0.25, 0.3) is 0 Å². The minimum Gasteiger partial charge on any atom is -0.480 e. The second-order valence-corrected chi connectivity index (χ2v) is 6.77. The summed E-state index contributed by atoms with van der Waals surface area (Å²) in [4.78, 5) is 14.1. The Bertz CT molecular complexity index is 305. The molecule has 4 heteroatoms. The van der Waals surface area contributed by atoms with E-state index in [1.54, 1.807) is 0 Å². The molecule has 2 atom stereocenters. The molecular formula is C15H30N2O2. The lowest BCUT2D eigenvalue weighted by Crippen LogP contribution is -2.59. The molecule has 1 aliphatic rings. The molecule has 2 N–H and O–H groups in total. The number of hydrogen-bond donors (Lipinski definition) is 2. The number of carbonyl (C=O) groups is 1. The third kappa shape index (κ3) is 4.46. The fourth-order valence-electron chi connectivity index (χ4n) is 3.29. The summed E-state index contributed by atoms with van der Waals surface area (Å²) >= 11 is 0. The molecule has 2 unspecified atom stereocenters. The molecule has 0 aromatic heterocycles. The Balaban J connectivity index is 2.76. The van der Waals surface area contributed by atoms with Crippen LogP contribution in [0.2, 0.25) is 0 Å². The average molecular weight is 270 g/mol. The average Bonchev–Trinajstić information content (AvgIpc) is 2.27. The van der Waals surface area contributed by atoms with Crippen molar-refractivity contribution in [2.75, 3.05) is 13.6 Å². The normalized spacial score (nSPS) is 28.3. The number of rotatable bonds is 6. The lowest BCUT2D eigenvalue weighted by Gasteiger charge is -2.43. The molecule has 0 saturated heterocycles. The summed E-state index contributed by atoms with van der Waals surface area (Å²) in [5.41, 5.74) is -0.734. The zero-order valence-electron chi connectivity index (χ0n) is 13.1. The largest absolute Gasteiger partial charge is 0.480 e. The summed E-state index contributed by atoms with van der Waals surface area (Å²) in [5.74, 6) is -0.0759. The van der Waals surface area contributed by atoms with Crippen LogP contribution in [-0.4, -0.2) is 47.2 Å². The van der Waals surface area contributed by atoms with Crippen LogP contribution in [0.3, 0.4) is 0 Å². The first-order valence-corrected chi connectivity index (χ1v) is 7.48. The van der Waals surface area contributed by atoms with Crippen LogP contribution >= 0.6 is 0 Å². The molecule has 0 amide bonds. The highest BCUT2D eigenvalue weighted by Crippen LogP contribution is 2.32. The fraction of sp³-hybridized carbons (Fsp3) is 0.933. The van der Waals surface area contributed by atoms with E-state index >= 15 is 0 Å². The smallest absolute Gasteiger partial charge is 0.323 e. The predicted molar refractivity (Wildman–Crippen MR) is 78.4 cm³/mol. The van der Waals surface area contributed by atoms with Crippen LogP contribution in [0.5, 0.6) is 0 Å². The molecule has 0 aromatic carbocycles. The van der Waals surface area contributed by atoms with E-state index in [1.807, 2.05) is 13.8 Å². The first-order valence-electron chi connectivity index (χ1n) is 7.48. The van der Waals surface area contributed by atoms with Crippen LogP contribution in [0, 0.1) is 5.92 Å². The molecule has 1 fully saturated rings. The first kappa shape index (κ1) is 16.4. The van der Waals surface area contributed by atoms with E-state index < -0.39 is 11.5 Å². The van der Waals surface area contributed by atoms with Crippen LogP contribution < -0.4 is 5.32 Å². The Hall–Kier alpha value is -0.610. The third-order valence-corrected chi connectivity index (χ3v) is 3.98. The van der Waals surface area contributed by atoms with Gasteiger partial charge in [0.15, 0.2) is 0 Å². The van der Waals surface area contributed by atoms with Crippen LogP contribution in [0.15, 0.2) is 0 Å². The molecule has 112 valence electrons. The number of nitrogens with one attached hydrogen (secondary N) is 1. The van der Waals surface area contributed by atoms with Crippen molar-refractivity contribution in [3.63, 3.8) is 0 Å². The number of nitrogens with zero attached hydrogens (tertiary/aromatic N) is 1. The highest BCUT2D eigenvalue weighted by atomic mass is 16.4. The van der Waals surface area contributed by atoms with E-state index in [-0.39, 0.29) is 6.04 Å². The molecule has 1 saturated carbocycles. The quantitative estimate of drug-likeness (QED) is 0.778. The maximum atomic E-state index is 11.7. The summed E-state index contributed by atoms with van der Waals surface area (Å²) in [5, 5.41) is 12.9. The van der Waals surface area contributed by atoms with Gasteiger partial charge in [0, 0.05) is 18.6 Å². The van der Waals surface area contributed by atoms with Crippen molar-refractivity contribution in [3.8, 4) is 0 Å². The van der Waals surface area contributed by atoms with Crippen LogP contribution in [0.25, 0.3) is 0 Å². The van der Waals surface area contributed by atoms with Gasteiger partial charge in [0.05, 0.1) is 0 Å². The molecule has 1 aliphatic carbocycles. The van der Waals surface area contributed by atoms with Crippen LogP contribution in [0.4, 0.5) is 0 Å². The molecule has 0 heterocycles. The zero-order chi connectivity index (χ0) is 14.6. The summed E-state index contributed by atoms with van der Waals surface area (Å²) < 4.78 is 0. The lowest BCUT2D eigenvalue weighted by molar-refractivity contribution is -0.147. The van der Waals surface area contributed by atoms with E-state index in [4.69, 9.17) is 0 Å². The topological polar surface area (TPSA) is 52.6 Å². The summed E-state index contributed by atoms with van der Waals surface area (Å²) in [7, 11) is 2.12. The third-order valence-electron chi connectivity index (χ3n) is 3.98. The monoisotopic (exact) mass is 270 g/mol. The maximum absolute atomic E-state index is 11.7. The van der Waals surface area contributed by atoms with Crippen molar-refractivity contribution in [1.29, 1.82) is 0 Å². The van der Waals surface area contributed by atoms with E-state index in [1.165, 1.54) is 0 Å². The van der Waals surface area contributed by atoms with Gasteiger partial charge in [-0.05, 0) is 52.5 Å². The number of carboxylic acid groups (broad SMARTS) is 1. The van der Waals surface area contributed by atoms with Gasteiger partial charge in [-0.3, -0.25) is 10.1 Å². The Morgan fingerprint density at radius 2 is 2.05 bits per heavy atom. The minimum atomic E-state index is -0.734. The van der Waals surface area contributed by atoms with Gasteiger partial charge < -0.3 is 10.0 Å². The van der Waals surface area contributed by atoms with E-state index in [0.29, 0.717) is 18.4 Å². The van der Waals surface area contributed by atoms with Gasteiger partial charge in [-0.2, -0.15) is 0 Å². The summed E-state index contributed by atoms with van der Waals surface area (Å²) in [6.45, 7) is 9.48. The second kappa shape index (κ2) is 6.71. The van der Waals surface area contributed by atoms with Crippen molar-refractivity contribution in [2.45, 2.75) is 71.0 Å². The Morgan fingerprint density at radius 1 is 1.42 bits per heavy atom. The van der Waals surface area contributed by atoms with Crippen molar-refractivity contribution in [3.05, 3.63) is 0 Å². The minimum absolute atomic E-state index is 0.199. The van der Waals surface area contributed by atoms with Crippen LogP contribution in [0.1, 0.15) is 53.4 Å². The van der Waals surface area contributed by atoms with E-state index in [0.717, 1.165) is 25.8 Å².